The molecule has 2 heterocycles. The molecule has 0 saturated heterocycles. The molecule has 0 fully saturated rings. The lowest BCUT2D eigenvalue weighted by molar-refractivity contribution is 0.889. The van der Waals surface area contributed by atoms with Crippen LogP contribution in [0.5, 0.6) is 0 Å². The van der Waals surface area contributed by atoms with Gasteiger partial charge < -0.3 is 5.73 Å². The van der Waals surface area contributed by atoms with Gasteiger partial charge in [0.1, 0.15) is 0 Å². The Hall–Kier alpha value is -1.53. The van der Waals surface area contributed by atoms with Gasteiger partial charge in [-0.1, -0.05) is 0 Å². The van der Waals surface area contributed by atoms with E-state index in [1.54, 1.807) is 18.6 Å². The molecule has 0 saturated carbocycles. The fourth-order valence-corrected chi connectivity index (χ4v) is 1.74. The molecule has 6 heteroatoms. The van der Waals surface area contributed by atoms with E-state index in [1.165, 1.54) is 11.8 Å². The summed E-state index contributed by atoms with van der Waals surface area (Å²) in [5.41, 5.74) is 7.30. The molecule has 0 spiro atoms. The van der Waals surface area contributed by atoms with Crippen molar-refractivity contribution in [3.8, 4) is 0 Å². The molecule has 0 bridgehead atoms. The highest BCUT2D eigenvalue weighted by Crippen LogP contribution is 2.19. The van der Waals surface area contributed by atoms with E-state index in [0.717, 1.165) is 11.3 Å². The molecule has 0 aliphatic carbocycles. The summed E-state index contributed by atoms with van der Waals surface area (Å²) in [4.78, 5) is 16.7. The summed E-state index contributed by atoms with van der Waals surface area (Å²) < 4.78 is 0. The van der Waals surface area contributed by atoms with E-state index in [4.69, 9.17) is 5.73 Å². The third-order valence-corrected chi connectivity index (χ3v) is 2.65. The molecule has 0 amide bonds. The molecule has 0 aliphatic rings. The molecule has 2 rings (SSSR count). The van der Waals surface area contributed by atoms with Crippen LogP contribution in [0.4, 0.5) is 0 Å². The summed E-state index contributed by atoms with van der Waals surface area (Å²) in [7, 11) is 0. The maximum absolute atomic E-state index is 5.46. The summed E-state index contributed by atoms with van der Waals surface area (Å²) >= 11 is 1.34. The predicted octanol–water partition coefficient (Wildman–Crippen LogP) is 1.18. The Morgan fingerprint density at radius 3 is 2.56 bits per heavy atom. The first-order valence-corrected chi connectivity index (χ1v) is 5.58. The van der Waals surface area contributed by atoms with Crippen LogP contribution in [0.2, 0.25) is 0 Å². The summed E-state index contributed by atoms with van der Waals surface area (Å²) in [6, 6.07) is 1.85. The minimum atomic E-state index is 0.450. The molecule has 0 radical (unpaired) electrons. The molecule has 82 valence electrons. The highest BCUT2D eigenvalue weighted by Gasteiger charge is 2.03. The van der Waals surface area contributed by atoms with Crippen molar-refractivity contribution >= 4 is 11.8 Å². The minimum absolute atomic E-state index is 0.450. The van der Waals surface area contributed by atoms with Gasteiger partial charge in [0.15, 0.2) is 10.3 Å². The summed E-state index contributed by atoms with van der Waals surface area (Å²) in [5, 5.41) is 1.28. The molecule has 0 unspecified atom stereocenters. The second-order valence-electron chi connectivity index (χ2n) is 3.16. The quantitative estimate of drug-likeness (QED) is 0.802. The first-order chi connectivity index (χ1) is 7.78. The molecule has 2 aromatic rings. The average Bonchev–Trinajstić information content (AvgIpc) is 2.30. The van der Waals surface area contributed by atoms with Crippen molar-refractivity contribution in [3.05, 3.63) is 35.9 Å². The molecule has 5 nitrogen and oxygen atoms in total. The third-order valence-electron chi connectivity index (χ3n) is 1.87. The van der Waals surface area contributed by atoms with Crippen molar-refractivity contribution in [3.63, 3.8) is 0 Å². The van der Waals surface area contributed by atoms with Gasteiger partial charge in [-0.05, 0) is 24.8 Å². The van der Waals surface area contributed by atoms with Crippen molar-refractivity contribution in [1.29, 1.82) is 0 Å². The van der Waals surface area contributed by atoms with Gasteiger partial charge in [-0.15, -0.1) is 0 Å². The third kappa shape index (κ3) is 2.74. The van der Waals surface area contributed by atoms with Gasteiger partial charge in [-0.25, -0.2) is 19.9 Å². The van der Waals surface area contributed by atoms with E-state index in [1.807, 2.05) is 13.0 Å². The summed E-state index contributed by atoms with van der Waals surface area (Å²) in [6.07, 6.45) is 5.15. The first-order valence-electron chi connectivity index (χ1n) is 4.76. The van der Waals surface area contributed by atoms with Crippen molar-refractivity contribution < 1.29 is 0 Å². The van der Waals surface area contributed by atoms with Crippen LogP contribution in [0.25, 0.3) is 0 Å². The molecule has 2 N–H and O–H groups in total. The van der Waals surface area contributed by atoms with Crippen LogP contribution in [-0.2, 0) is 6.54 Å². The predicted molar refractivity (Wildman–Crippen MR) is 60.8 cm³/mol. The van der Waals surface area contributed by atoms with E-state index in [9.17, 15) is 0 Å². The van der Waals surface area contributed by atoms with E-state index in [-0.39, 0.29) is 0 Å². The molecule has 0 aromatic carbocycles. The molecule has 0 aliphatic heterocycles. The van der Waals surface area contributed by atoms with Gasteiger partial charge >= 0.3 is 0 Å². The van der Waals surface area contributed by atoms with Gasteiger partial charge in [0.2, 0.25) is 0 Å². The Labute approximate surface area is 97.6 Å². The Morgan fingerprint density at radius 2 is 1.94 bits per heavy atom. The van der Waals surface area contributed by atoms with E-state index in [2.05, 4.69) is 19.9 Å². The second kappa shape index (κ2) is 5.00. The van der Waals surface area contributed by atoms with Crippen molar-refractivity contribution in [2.24, 2.45) is 5.73 Å². The molecule has 2 aromatic heterocycles. The standard InChI is InChI=1S/C10H11N5S/c1-7-2-3-12-10(15-7)16-9-13-5-8(4-11)6-14-9/h2-3,5-6H,4,11H2,1H3. The Balaban J connectivity index is 2.14. The maximum atomic E-state index is 5.46. The number of aryl methyl sites for hydroxylation is 1. The minimum Gasteiger partial charge on any atom is -0.326 e. The van der Waals surface area contributed by atoms with Gasteiger partial charge in [0.25, 0.3) is 0 Å². The summed E-state index contributed by atoms with van der Waals surface area (Å²) in [5.74, 6) is 0. The summed E-state index contributed by atoms with van der Waals surface area (Å²) in [6.45, 7) is 2.37. The molecular formula is C10H11N5S. The van der Waals surface area contributed by atoms with Crippen LogP contribution < -0.4 is 5.73 Å². The monoisotopic (exact) mass is 233 g/mol. The fourth-order valence-electron chi connectivity index (χ4n) is 1.06. The fraction of sp³-hybridized carbons (Fsp3) is 0.200. The number of rotatable bonds is 3. The number of aromatic nitrogens is 4. The topological polar surface area (TPSA) is 77.6 Å². The number of nitrogens with zero attached hydrogens (tertiary/aromatic N) is 4. The van der Waals surface area contributed by atoms with E-state index < -0.39 is 0 Å². The van der Waals surface area contributed by atoms with Crippen LogP contribution >= 0.6 is 11.8 Å². The smallest absolute Gasteiger partial charge is 0.195 e. The zero-order valence-corrected chi connectivity index (χ0v) is 9.61. The Bertz CT molecular complexity index is 471. The zero-order valence-electron chi connectivity index (χ0n) is 8.79. The molecular weight excluding hydrogens is 222 g/mol. The van der Waals surface area contributed by atoms with Crippen LogP contribution in [0.1, 0.15) is 11.3 Å². The van der Waals surface area contributed by atoms with E-state index >= 15 is 0 Å². The maximum Gasteiger partial charge on any atom is 0.195 e. The molecule has 0 atom stereocenters. The average molecular weight is 233 g/mol. The van der Waals surface area contributed by atoms with E-state index in [0.29, 0.717) is 16.9 Å². The van der Waals surface area contributed by atoms with Crippen molar-refractivity contribution in [2.45, 2.75) is 23.8 Å². The van der Waals surface area contributed by atoms with Crippen molar-refractivity contribution in [2.75, 3.05) is 0 Å². The number of nitrogens with two attached hydrogens (primary N) is 1. The van der Waals surface area contributed by atoms with Gasteiger partial charge in [-0.2, -0.15) is 0 Å². The number of hydrogen-bond acceptors (Lipinski definition) is 6. The normalized spacial score (nSPS) is 10.4. The molecule has 16 heavy (non-hydrogen) atoms. The zero-order chi connectivity index (χ0) is 11.4. The Kier molecular flexibility index (Phi) is 3.43. The van der Waals surface area contributed by atoms with Gasteiger partial charge in [-0.3, -0.25) is 0 Å². The SMILES string of the molecule is Cc1ccnc(Sc2ncc(CN)cn2)n1. The van der Waals surface area contributed by atoms with Crippen LogP contribution in [0.3, 0.4) is 0 Å². The van der Waals surface area contributed by atoms with Crippen LogP contribution in [-0.4, -0.2) is 19.9 Å². The highest BCUT2D eigenvalue weighted by atomic mass is 32.2. The van der Waals surface area contributed by atoms with Crippen LogP contribution in [0, 0.1) is 6.92 Å². The second-order valence-corrected chi connectivity index (χ2v) is 4.10. The Morgan fingerprint density at radius 1 is 1.19 bits per heavy atom. The largest absolute Gasteiger partial charge is 0.326 e. The number of hydrogen-bond donors (Lipinski definition) is 1. The lowest BCUT2D eigenvalue weighted by Crippen LogP contribution is -1.99. The first kappa shape index (κ1) is 11.0. The van der Waals surface area contributed by atoms with Crippen molar-refractivity contribution in [1.82, 2.24) is 19.9 Å². The lowest BCUT2D eigenvalue weighted by atomic mass is 10.4. The highest BCUT2D eigenvalue weighted by molar-refractivity contribution is 7.99. The van der Waals surface area contributed by atoms with Crippen LogP contribution in [0.15, 0.2) is 35.0 Å². The van der Waals surface area contributed by atoms with Gasteiger partial charge in [0, 0.05) is 36.4 Å². The lowest BCUT2D eigenvalue weighted by Gasteiger charge is -2.00. The van der Waals surface area contributed by atoms with Gasteiger partial charge in [0.05, 0.1) is 0 Å².